The minimum atomic E-state index is -0.634. The van der Waals surface area contributed by atoms with Crippen molar-refractivity contribution >= 4 is 5.91 Å². The number of para-hydroxylation sites is 1. The maximum atomic E-state index is 11.9. The minimum Gasteiger partial charge on any atom is -0.494 e. The van der Waals surface area contributed by atoms with Gasteiger partial charge in [-0.2, -0.15) is 0 Å². The Morgan fingerprint density at radius 1 is 1.35 bits per heavy atom. The lowest BCUT2D eigenvalue weighted by molar-refractivity contribution is -0.156. The summed E-state index contributed by atoms with van der Waals surface area (Å²) in [6, 6.07) is 9.60. The molecule has 1 amide bonds. The number of aliphatic hydroxyl groups is 1. The molecule has 0 saturated carbocycles. The largest absolute Gasteiger partial charge is 0.494 e. The van der Waals surface area contributed by atoms with E-state index in [0.717, 1.165) is 18.6 Å². The Kier molecular flexibility index (Phi) is 5.01. The number of nitrogens with zero attached hydrogens (tertiary/aromatic N) is 1. The van der Waals surface area contributed by atoms with Crippen molar-refractivity contribution in [1.29, 1.82) is 0 Å². The first kappa shape index (κ1) is 14.9. The predicted octanol–water partition coefficient (Wildman–Crippen LogP) is 2.22. The van der Waals surface area contributed by atoms with Crippen LogP contribution >= 0.6 is 0 Å². The second-order valence-corrected chi connectivity index (χ2v) is 5.49. The van der Waals surface area contributed by atoms with Crippen molar-refractivity contribution in [2.75, 3.05) is 19.7 Å². The fourth-order valence-electron chi connectivity index (χ4n) is 2.55. The second-order valence-electron chi connectivity index (χ2n) is 5.49. The zero-order valence-corrected chi connectivity index (χ0v) is 12.0. The SMILES string of the molecule is CCCC1(O)CN(C(=O)CCCOc2ccccc2)C1. The number of benzene rings is 1. The van der Waals surface area contributed by atoms with E-state index in [4.69, 9.17) is 4.74 Å². The van der Waals surface area contributed by atoms with Crippen molar-refractivity contribution in [3.8, 4) is 5.75 Å². The molecule has 0 unspecified atom stereocenters. The van der Waals surface area contributed by atoms with E-state index in [2.05, 4.69) is 0 Å². The van der Waals surface area contributed by atoms with Crippen LogP contribution in [0.15, 0.2) is 30.3 Å². The van der Waals surface area contributed by atoms with Crippen LogP contribution in [0.3, 0.4) is 0 Å². The molecule has 1 heterocycles. The lowest BCUT2D eigenvalue weighted by Crippen LogP contribution is -2.63. The highest BCUT2D eigenvalue weighted by Crippen LogP contribution is 2.26. The van der Waals surface area contributed by atoms with Crippen molar-refractivity contribution in [3.05, 3.63) is 30.3 Å². The average Bonchev–Trinajstić information content (AvgIpc) is 2.42. The zero-order valence-electron chi connectivity index (χ0n) is 12.0. The molecule has 0 atom stereocenters. The summed E-state index contributed by atoms with van der Waals surface area (Å²) < 4.78 is 5.55. The maximum absolute atomic E-state index is 11.9. The molecule has 1 saturated heterocycles. The number of hydrogen-bond donors (Lipinski definition) is 1. The van der Waals surface area contributed by atoms with E-state index >= 15 is 0 Å². The molecule has 4 nitrogen and oxygen atoms in total. The van der Waals surface area contributed by atoms with Gasteiger partial charge >= 0.3 is 0 Å². The summed E-state index contributed by atoms with van der Waals surface area (Å²) in [6.07, 6.45) is 2.91. The van der Waals surface area contributed by atoms with Crippen molar-refractivity contribution in [2.24, 2.45) is 0 Å². The normalized spacial score (nSPS) is 16.6. The van der Waals surface area contributed by atoms with Crippen LogP contribution in [0.2, 0.25) is 0 Å². The molecular weight excluding hydrogens is 254 g/mol. The van der Waals surface area contributed by atoms with E-state index in [1.807, 2.05) is 37.3 Å². The van der Waals surface area contributed by atoms with Crippen LogP contribution in [0.4, 0.5) is 0 Å². The zero-order chi connectivity index (χ0) is 14.4. The van der Waals surface area contributed by atoms with E-state index in [9.17, 15) is 9.90 Å². The van der Waals surface area contributed by atoms with Crippen LogP contribution in [0.5, 0.6) is 5.75 Å². The number of ether oxygens (including phenoxy) is 1. The number of amides is 1. The maximum Gasteiger partial charge on any atom is 0.222 e. The van der Waals surface area contributed by atoms with Gasteiger partial charge in [-0.1, -0.05) is 31.5 Å². The molecule has 1 aliphatic heterocycles. The first-order valence-electron chi connectivity index (χ1n) is 7.31. The van der Waals surface area contributed by atoms with Crippen molar-refractivity contribution in [1.82, 2.24) is 4.90 Å². The van der Waals surface area contributed by atoms with Gasteiger partial charge in [-0.05, 0) is 25.0 Å². The van der Waals surface area contributed by atoms with Crippen LogP contribution in [0.1, 0.15) is 32.6 Å². The number of carbonyl (C=O) groups excluding carboxylic acids is 1. The summed E-state index contributed by atoms with van der Waals surface area (Å²) in [7, 11) is 0. The standard InChI is InChI=1S/C16H23NO3/c1-2-10-16(19)12-17(13-16)15(18)9-6-11-20-14-7-4-3-5-8-14/h3-5,7-8,19H,2,6,9-13H2,1H3. The Hall–Kier alpha value is -1.55. The number of likely N-dealkylation sites (tertiary alicyclic amines) is 1. The van der Waals surface area contributed by atoms with Gasteiger partial charge in [-0.25, -0.2) is 0 Å². The van der Waals surface area contributed by atoms with Gasteiger partial charge in [0.2, 0.25) is 5.91 Å². The molecule has 110 valence electrons. The molecule has 0 bridgehead atoms. The first-order chi connectivity index (χ1) is 9.63. The number of rotatable bonds is 7. The van der Waals surface area contributed by atoms with E-state index in [1.165, 1.54) is 0 Å². The van der Waals surface area contributed by atoms with Crippen LogP contribution in [-0.4, -0.2) is 41.2 Å². The number of carbonyl (C=O) groups is 1. The lowest BCUT2D eigenvalue weighted by Gasteiger charge is -2.46. The molecular formula is C16H23NO3. The minimum absolute atomic E-state index is 0.113. The Labute approximate surface area is 120 Å². The van der Waals surface area contributed by atoms with Crippen LogP contribution in [0.25, 0.3) is 0 Å². The third-order valence-electron chi connectivity index (χ3n) is 3.59. The van der Waals surface area contributed by atoms with E-state index in [1.54, 1.807) is 4.90 Å². The molecule has 1 fully saturated rings. The second kappa shape index (κ2) is 6.75. The Balaban J connectivity index is 1.60. The van der Waals surface area contributed by atoms with Crippen LogP contribution in [-0.2, 0) is 4.79 Å². The average molecular weight is 277 g/mol. The Morgan fingerprint density at radius 3 is 2.70 bits per heavy atom. The van der Waals surface area contributed by atoms with Gasteiger partial charge in [0.25, 0.3) is 0 Å². The summed E-state index contributed by atoms with van der Waals surface area (Å²) in [4.78, 5) is 13.6. The van der Waals surface area contributed by atoms with Gasteiger partial charge in [0.05, 0.1) is 25.3 Å². The molecule has 0 aliphatic carbocycles. The monoisotopic (exact) mass is 277 g/mol. The summed E-state index contributed by atoms with van der Waals surface area (Å²) in [6.45, 7) is 3.56. The van der Waals surface area contributed by atoms with Gasteiger partial charge in [0.15, 0.2) is 0 Å². The fourth-order valence-corrected chi connectivity index (χ4v) is 2.55. The highest BCUT2D eigenvalue weighted by Gasteiger charge is 2.42. The topological polar surface area (TPSA) is 49.8 Å². The van der Waals surface area contributed by atoms with E-state index in [-0.39, 0.29) is 5.91 Å². The highest BCUT2D eigenvalue weighted by atomic mass is 16.5. The van der Waals surface area contributed by atoms with Crippen molar-refractivity contribution < 1.29 is 14.6 Å². The molecule has 2 rings (SSSR count). The molecule has 1 N–H and O–H groups in total. The summed E-state index contributed by atoms with van der Waals surface area (Å²) in [5.41, 5.74) is -0.634. The number of hydrogen-bond acceptors (Lipinski definition) is 3. The summed E-state index contributed by atoms with van der Waals surface area (Å²) >= 11 is 0. The molecule has 4 heteroatoms. The summed E-state index contributed by atoms with van der Waals surface area (Å²) in [5.74, 6) is 0.948. The smallest absolute Gasteiger partial charge is 0.222 e. The fraction of sp³-hybridized carbons (Fsp3) is 0.562. The van der Waals surface area contributed by atoms with E-state index in [0.29, 0.717) is 32.5 Å². The molecule has 1 aliphatic rings. The quantitative estimate of drug-likeness (QED) is 0.777. The highest BCUT2D eigenvalue weighted by molar-refractivity contribution is 5.77. The van der Waals surface area contributed by atoms with E-state index < -0.39 is 5.60 Å². The number of β-amino-alcohol motifs (C(OH)–C–C–N with tert-alkyl or cyclic N) is 1. The van der Waals surface area contributed by atoms with Gasteiger partial charge in [0.1, 0.15) is 5.75 Å². The summed E-state index contributed by atoms with van der Waals surface area (Å²) in [5, 5.41) is 10.0. The third kappa shape index (κ3) is 3.97. The molecule has 0 spiro atoms. The van der Waals surface area contributed by atoms with Crippen molar-refractivity contribution in [2.45, 2.75) is 38.2 Å². The third-order valence-corrected chi connectivity index (χ3v) is 3.59. The molecule has 0 radical (unpaired) electrons. The van der Waals surface area contributed by atoms with Gasteiger partial charge in [0, 0.05) is 6.42 Å². The van der Waals surface area contributed by atoms with Gasteiger partial charge in [-0.3, -0.25) is 4.79 Å². The molecule has 0 aromatic heterocycles. The van der Waals surface area contributed by atoms with Crippen LogP contribution in [0, 0.1) is 0 Å². The molecule has 1 aromatic rings. The van der Waals surface area contributed by atoms with Crippen molar-refractivity contribution in [3.63, 3.8) is 0 Å². The van der Waals surface area contributed by atoms with Gasteiger partial charge < -0.3 is 14.7 Å². The predicted molar refractivity (Wildman–Crippen MR) is 77.6 cm³/mol. The molecule has 20 heavy (non-hydrogen) atoms. The Bertz CT molecular complexity index is 427. The first-order valence-corrected chi connectivity index (χ1v) is 7.31. The lowest BCUT2D eigenvalue weighted by atomic mass is 9.89. The van der Waals surface area contributed by atoms with Gasteiger partial charge in [-0.15, -0.1) is 0 Å². The molecule has 1 aromatic carbocycles. The Morgan fingerprint density at radius 2 is 2.05 bits per heavy atom. The van der Waals surface area contributed by atoms with Crippen LogP contribution < -0.4 is 4.74 Å².